The Morgan fingerprint density at radius 1 is 0.941 bits per heavy atom. The molecule has 0 amide bonds. The maximum atomic E-state index is 13.6. The van der Waals surface area contributed by atoms with Crippen LogP contribution in [-0.4, -0.2) is 27.1 Å². The van der Waals surface area contributed by atoms with Gasteiger partial charge < -0.3 is 13.9 Å². The van der Waals surface area contributed by atoms with Crippen molar-refractivity contribution in [3.05, 3.63) is 90.3 Å². The molecule has 0 atom stereocenters. The van der Waals surface area contributed by atoms with Crippen LogP contribution in [0.2, 0.25) is 0 Å². The van der Waals surface area contributed by atoms with Gasteiger partial charge >= 0.3 is 0 Å². The molecule has 1 heterocycles. The summed E-state index contributed by atoms with van der Waals surface area (Å²) in [5.74, 6) is 2.20. The van der Waals surface area contributed by atoms with Crippen LogP contribution in [-0.2, 0) is 16.6 Å². The van der Waals surface area contributed by atoms with Crippen LogP contribution in [0.3, 0.4) is 0 Å². The molecule has 1 aromatic heterocycles. The van der Waals surface area contributed by atoms with Gasteiger partial charge in [0.1, 0.15) is 23.0 Å². The minimum Gasteiger partial charge on any atom is -0.497 e. The molecule has 0 aliphatic rings. The lowest BCUT2D eigenvalue weighted by atomic mass is 10.2. The van der Waals surface area contributed by atoms with Crippen molar-refractivity contribution < 1.29 is 22.3 Å². The van der Waals surface area contributed by atoms with Crippen molar-refractivity contribution in [3.8, 4) is 23.0 Å². The average molecular weight is 479 g/mol. The van der Waals surface area contributed by atoms with E-state index in [1.54, 1.807) is 68.6 Å². The number of para-hydroxylation sites is 1. The van der Waals surface area contributed by atoms with Crippen molar-refractivity contribution in [1.82, 2.24) is 4.98 Å². The molecule has 8 heteroatoms. The largest absolute Gasteiger partial charge is 0.497 e. The predicted octanol–water partition coefficient (Wildman–Crippen LogP) is 5.45. The number of hydrogen-bond donors (Lipinski definition) is 0. The van der Waals surface area contributed by atoms with Gasteiger partial charge in [0, 0.05) is 0 Å². The van der Waals surface area contributed by atoms with Crippen LogP contribution in [0.5, 0.6) is 11.5 Å². The molecule has 0 aliphatic heterocycles. The van der Waals surface area contributed by atoms with Crippen molar-refractivity contribution in [2.45, 2.75) is 25.3 Å². The number of anilines is 1. The van der Waals surface area contributed by atoms with E-state index in [-0.39, 0.29) is 11.4 Å². The first-order chi connectivity index (χ1) is 16.4. The van der Waals surface area contributed by atoms with E-state index >= 15 is 0 Å². The van der Waals surface area contributed by atoms with Gasteiger partial charge in [-0.3, -0.25) is 4.31 Å². The molecule has 0 aliphatic carbocycles. The van der Waals surface area contributed by atoms with E-state index in [1.165, 1.54) is 4.31 Å². The monoisotopic (exact) mass is 478 g/mol. The van der Waals surface area contributed by atoms with E-state index in [0.29, 0.717) is 46.7 Å². The molecule has 0 bridgehead atoms. The van der Waals surface area contributed by atoms with Gasteiger partial charge in [0.2, 0.25) is 5.89 Å². The molecular formula is C26H26N2O5S. The number of nitrogens with zero attached hydrogens (tertiary/aromatic N) is 2. The summed E-state index contributed by atoms with van der Waals surface area (Å²) in [6.07, 6.45) is 0. The van der Waals surface area contributed by atoms with Crippen molar-refractivity contribution >= 4 is 15.7 Å². The number of aryl methyl sites for hydroxylation is 1. The standard InChI is InChI=1S/C26H26N2O5S/c1-4-32-25-13-9-8-12-23(25)26-27-24(19(2)33-26)18-28(20-14-16-21(31-3)17-15-20)34(29,30)22-10-6-5-7-11-22/h5-17H,4,18H2,1-3H3. The van der Waals surface area contributed by atoms with Crippen LogP contribution in [0.15, 0.2) is 88.2 Å². The maximum Gasteiger partial charge on any atom is 0.264 e. The van der Waals surface area contributed by atoms with Gasteiger partial charge in [0.05, 0.1) is 36.4 Å². The Balaban J connectivity index is 1.76. The second-order valence-corrected chi connectivity index (χ2v) is 9.34. The third kappa shape index (κ3) is 4.77. The molecule has 0 radical (unpaired) electrons. The highest BCUT2D eigenvalue weighted by molar-refractivity contribution is 7.92. The lowest BCUT2D eigenvalue weighted by molar-refractivity contribution is 0.340. The van der Waals surface area contributed by atoms with Gasteiger partial charge in [-0.2, -0.15) is 0 Å². The van der Waals surface area contributed by atoms with Crippen LogP contribution in [0.4, 0.5) is 5.69 Å². The van der Waals surface area contributed by atoms with Gasteiger partial charge in [-0.1, -0.05) is 30.3 Å². The molecular weight excluding hydrogens is 452 g/mol. The normalized spacial score (nSPS) is 11.3. The topological polar surface area (TPSA) is 81.9 Å². The molecule has 176 valence electrons. The summed E-state index contributed by atoms with van der Waals surface area (Å²) >= 11 is 0. The summed E-state index contributed by atoms with van der Waals surface area (Å²) in [6.45, 7) is 4.18. The zero-order chi connectivity index (χ0) is 24.1. The maximum absolute atomic E-state index is 13.6. The third-order valence-electron chi connectivity index (χ3n) is 5.29. The summed E-state index contributed by atoms with van der Waals surface area (Å²) in [4.78, 5) is 4.84. The molecule has 0 saturated heterocycles. The lowest BCUT2D eigenvalue weighted by Crippen LogP contribution is -2.31. The number of hydrogen-bond acceptors (Lipinski definition) is 6. The highest BCUT2D eigenvalue weighted by Gasteiger charge is 2.27. The van der Waals surface area contributed by atoms with E-state index in [2.05, 4.69) is 4.98 Å². The minimum absolute atomic E-state index is 0.00427. The van der Waals surface area contributed by atoms with Crippen molar-refractivity contribution in [2.75, 3.05) is 18.0 Å². The van der Waals surface area contributed by atoms with Gasteiger partial charge in [-0.25, -0.2) is 13.4 Å². The van der Waals surface area contributed by atoms with Crippen LogP contribution >= 0.6 is 0 Å². The van der Waals surface area contributed by atoms with Crippen LogP contribution in [0.1, 0.15) is 18.4 Å². The number of oxazole rings is 1. The number of benzene rings is 3. The molecule has 34 heavy (non-hydrogen) atoms. The van der Waals surface area contributed by atoms with Crippen molar-refractivity contribution in [1.29, 1.82) is 0 Å². The Morgan fingerprint density at radius 3 is 2.29 bits per heavy atom. The van der Waals surface area contributed by atoms with Crippen LogP contribution in [0.25, 0.3) is 11.5 Å². The number of rotatable bonds is 9. The lowest BCUT2D eigenvalue weighted by Gasteiger charge is -2.24. The van der Waals surface area contributed by atoms with E-state index in [0.717, 1.165) is 0 Å². The van der Waals surface area contributed by atoms with Gasteiger partial charge in [0.25, 0.3) is 10.0 Å². The summed E-state index contributed by atoms with van der Waals surface area (Å²) in [5, 5.41) is 0. The Kier molecular flexibility index (Phi) is 6.88. The number of methoxy groups -OCH3 is 1. The zero-order valence-electron chi connectivity index (χ0n) is 19.3. The molecule has 0 saturated carbocycles. The Labute approximate surface area is 199 Å². The molecule has 4 rings (SSSR count). The molecule has 0 unspecified atom stereocenters. The molecule has 0 fully saturated rings. The molecule has 0 N–H and O–H groups in total. The molecule has 3 aromatic carbocycles. The van der Waals surface area contributed by atoms with E-state index in [1.807, 2.05) is 31.2 Å². The molecule has 7 nitrogen and oxygen atoms in total. The van der Waals surface area contributed by atoms with Crippen LogP contribution < -0.4 is 13.8 Å². The van der Waals surface area contributed by atoms with E-state index < -0.39 is 10.0 Å². The summed E-state index contributed by atoms with van der Waals surface area (Å²) < 4.78 is 45.5. The smallest absolute Gasteiger partial charge is 0.264 e. The summed E-state index contributed by atoms with van der Waals surface area (Å²) in [5.41, 5.74) is 1.71. The Bertz CT molecular complexity index is 1350. The second kappa shape index (κ2) is 10.0. The van der Waals surface area contributed by atoms with Gasteiger partial charge in [0.15, 0.2) is 0 Å². The fraction of sp³-hybridized carbons (Fsp3) is 0.192. The quantitative estimate of drug-likeness (QED) is 0.318. The average Bonchev–Trinajstić information content (AvgIpc) is 3.23. The Morgan fingerprint density at radius 2 is 1.62 bits per heavy atom. The summed E-state index contributed by atoms with van der Waals surface area (Å²) in [7, 11) is -2.31. The first-order valence-electron chi connectivity index (χ1n) is 10.8. The fourth-order valence-electron chi connectivity index (χ4n) is 3.53. The number of sulfonamides is 1. The fourth-order valence-corrected chi connectivity index (χ4v) is 4.98. The van der Waals surface area contributed by atoms with E-state index in [4.69, 9.17) is 13.9 Å². The predicted molar refractivity (Wildman–Crippen MR) is 131 cm³/mol. The zero-order valence-corrected chi connectivity index (χ0v) is 20.1. The highest BCUT2D eigenvalue weighted by atomic mass is 32.2. The van der Waals surface area contributed by atoms with Gasteiger partial charge in [-0.15, -0.1) is 0 Å². The first kappa shape index (κ1) is 23.4. The highest BCUT2D eigenvalue weighted by Crippen LogP contribution is 2.33. The van der Waals surface area contributed by atoms with Crippen molar-refractivity contribution in [2.24, 2.45) is 0 Å². The first-order valence-corrected chi connectivity index (χ1v) is 12.3. The number of aromatic nitrogens is 1. The minimum atomic E-state index is -3.87. The van der Waals surface area contributed by atoms with Crippen LogP contribution in [0, 0.1) is 6.92 Å². The molecule has 0 spiro atoms. The van der Waals surface area contributed by atoms with E-state index in [9.17, 15) is 8.42 Å². The van der Waals surface area contributed by atoms with Gasteiger partial charge in [-0.05, 0) is 62.4 Å². The SMILES string of the molecule is CCOc1ccccc1-c1nc(CN(c2ccc(OC)cc2)S(=O)(=O)c2ccccc2)c(C)o1. The number of ether oxygens (including phenoxy) is 2. The molecule has 4 aromatic rings. The Hall–Kier alpha value is -3.78. The van der Waals surface area contributed by atoms with Crippen molar-refractivity contribution in [3.63, 3.8) is 0 Å². The second-order valence-electron chi connectivity index (χ2n) is 7.47. The summed E-state index contributed by atoms with van der Waals surface area (Å²) in [6, 6.07) is 22.7. The third-order valence-corrected chi connectivity index (χ3v) is 7.08.